The molecule has 0 bridgehead atoms. The molecule has 0 saturated carbocycles. The van der Waals surface area contributed by atoms with E-state index in [1.54, 1.807) is 0 Å². The molecule has 0 aromatic rings. The third-order valence-corrected chi connectivity index (χ3v) is 7.58. The van der Waals surface area contributed by atoms with Crippen LogP contribution in [-0.2, 0) is 4.79 Å². The summed E-state index contributed by atoms with van der Waals surface area (Å²) in [5.41, 5.74) is -0.0143. The van der Waals surface area contributed by atoms with Crippen molar-refractivity contribution in [2.75, 3.05) is 0 Å². The number of thioether (sulfide) groups is 1. The van der Waals surface area contributed by atoms with Crippen molar-refractivity contribution in [2.24, 2.45) is 29.1 Å². The zero-order chi connectivity index (χ0) is 19.0. The highest BCUT2D eigenvalue weighted by atomic mass is 32.2. The van der Waals surface area contributed by atoms with Crippen molar-refractivity contribution in [1.29, 1.82) is 0 Å². The first-order valence-corrected chi connectivity index (χ1v) is 10.7. The summed E-state index contributed by atoms with van der Waals surface area (Å²) >= 11 is 2.10. The van der Waals surface area contributed by atoms with Gasteiger partial charge in [0.05, 0.1) is 5.92 Å². The van der Waals surface area contributed by atoms with E-state index >= 15 is 0 Å². The average molecular weight is 356 g/mol. The van der Waals surface area contributed by atoms with Gasteiger partial charge in [-0.15, -0.1) is 0 Å². The molecule has 1 aliphatic rings. The van der Waals surface area contributed by atoms with Gasteiger partial charge in [-0.1, -0.05) is 62.3 Å². The molecular weight excluding hydrogens is 314 g/mol. The van der Waals surface area contributed by atoms with Crippen LogP contribution in [-0.4, -0.2) is 33.4 Å². The molecule has 1 aliphatic heterocycles. The van der Waals surface area contributed by atoms with Crippen LogP contribution in [0.3, 0.4) is 0 Å². The number of hydrogen-bond donors (Lipinski definition) is 0. The van der Waals surface area contributed by atoms with E-state index in [4.69, 9.17) is 0 Å². The maximum absolute atomic E-state index is 13.7. The molecule has 2 nitrogen and oxygen atoms in total. The van der Waals surface area contributed by atoms with Gasteiger partial charge in [-0.25, -0.2) is 0 Å². The van der Waals surface area contributed by atoms with Crippen LogP contribution in [0.5, 0.6) is 0 Å². The highest BCUT2D eigenvalue weighted by molar-refractivity contribution is 8.00. The molecule has 1 heterocycles. The fraction of sp³-hybridized carbons (Fsp3) is 0.952. The second-order valence-electron chi connectivity index (χ2n) is 9.97. The van der Waals surface area contributed by atoms with Crippen LogP contribution in [0.2, 0.25) is 0 Å². The summed E-state index contributed by atoms with van der Waals surface area (Å²) in [6.45, 7) is 24.9. The minimum absolute atomic E-state index is 0.0143. The fourth-order valence-electron chi connectivity index (χ4n) is 4.20. The zero-order valence-electron chi connectivity index (χ0n) is 17.9. The van der Waals surface area contributed by atoms with E-state index in [0.29, 0.717) is 40.2 Å². The topological polar surface area (TPSA) is 20.3 Å². The molecule has 0 spiro atoms. The summed E-state index contributed by atoms with van der Waals surface area (Å²) < 4.78 is 0. The maximum Gasteiger partial charge on any atom is 0.227 e. The highest BCUT2D eigenvalue weighted by Crippen LogP contribution is 2.48. The number of hydrogen-bond acceptors (Lipinski definition) is 2. The number of amides is 1. The van der Waals surface area contributed by atoms with E-state index in [1.807, 2.05) is 0 Å². The minimum Gasteiger partial charge on any atom is -0.336 e. The van der Waals surface area contributed by atoms with Crippen molar-refractivity contribution < 1.29 is 4.79 Å². The summed E-state index contributed by atoms with van der Waals surface area (Å²) in [6.07, 6.45) is 0. The zero-order valence-corrected chi connectivity index (χ0v) is 18.7. The van der Waals surface area contributed by atoms with Crippen molar-refractivity contribution >= 4 is 17.7 Å². The molecule has 0 radical (unpaired) electrons. The second-order valence-corrected chi connectivity index (χ2v) is 11.3. The Morgan fingerprint density at radius 1 is 0.833 bits per heavy atom. The van der Waals surface area contributed by atoms with E-state index in [2.05, 4.69) is 92.8 Å². The molecule has 1 fully saturated rings. The first-order valence-electron chi connectivity index (χ1n) is 9.78. The molecule has 4 atom stereocenters. The largest absolute Gasteiger partial charge is 0.336 e. The van der Waals surface area contributed by atoms with E-state index in [-0.39, 0.29) is 17.4 Å². The molecular formula is C21H41NOS. The van der Waals surface area contributed by atoms with Crippen molar-refractivity contribution in [3.63, 3.8) is 0 Å². The predicted molar refractivity (Wildman–Crippen MR) is 108 cm³/mol. The van der Waals surface area contributed by atoms with Crippen LogP contribution in [0.15, 0.2) is 0 Å². The monoisotopic (exact) mass is 355 g/mol. The summed E-state index contributed by atoms with van der Waals surface area (Å²) in [7, 11) is 0. The van der Waals surface area contributed by atoms with Crippen molar-refractivity contribution in [3.8, 4) is 0 Å². The predicted octanol–water partition coefficient (Wildman–Crippen LogP) is 5.71. The molecule has 0 aromatic heterocycles. The Bertz CT molecular complexity index is 422. The Morgan fingerprint density at radius 3 is 1.58 bits per heavy atom. The number of carbonyl (C=O) groups is 1. The molecule has 142 valence electrons. The Balaban J connectivity index is 3.55. The summed E-state index contributed by atoms with van der Waals surface area (Å²) in [5.74, 6) is 2.00. The molecule has 0 aliphatic carbocycles. The van der Waals surface area contributed by atoms with Crippen LogP contribution in [0.1, 0.15) is 76.2 Å². The molecule has 4 unspecified atom stereocenters. The van der Waals surface area contributed by atoms with E-state index < -0.39 is 0 Å². The third kappa shape index (κ3) is 4.51. The van der Waals surface area contributed by atoms with E-state index in [9.17, 15) is 4.79 Å². The third-order valence-electron chi connectivity index (χ3n) is 5.31. The highest BCUT2D eigenvalue weighted by Gasteiger charge is 2.50. The lowest BCUT2D eigenvalue weighted by Crippen LogP contribution is -2.55. The number of nitrogens with zero attached hydrogens (tertiary/aromatic N) is 1. The van der Waals surface area contributed by atoms with E-state index in [1.165, 1.54) is 0 Å². The van der Waals surface area contributed by atoms with Gasteiger partial charge in [-0.3, -0.25) is 4.79 Å². The van der Waals surface area contributed by atoms with Crippen LogP contribution in [0, 0.1) is 29.1 Å². The molecule has 1 amide bonds. The van der Waals surface area contributed by atoms with Crippen molar-refractivity contribution in [1.82, 2.24) is 4.90 Å². The first kappa shape index (κ1) is 21.9. The first-order chi connectivity index (χ1) is 10.8. The van der Waals surface area contributed by atoms with Gasteiger partial charge in [0.1, 0.15) is 0 Å². The van der Waals surface area contributed by atoms with Crippen LogP contribution in [0.25, 0.3) is 0 Å². The Labute approximate surface area is 155 Å². The smallest absolute Gasteiger partial charge is 0.227 e. The van der Waals surface area contributed by atoms with Gasteiger partial charge in [0.15, 0.2) is 0 Å². The van der Waals surface area contributed by atoms with Gasteiger partial charge in [0.2, 0.25) is 5.91 Å². The van der Waals surface area contributed by atoms with Gasteiger partial charge in [-0.05, 0) is 37.0 Å². The Morgan fingerprint density at radius 2 is 1.29 bits per heavy atom. The van der Waals surface area contributed by atoms with Gasteiger partial charge in [0.25, 0.3) is 0 Å². The summed E-state index contributed by atoms with van der Waals surface area (Å²) in [5, 5.41) is 0.881. The molecule has 1 rings (SSSR count). The lowest BCUT2D eigenvalue weighted by atomic mass is 9.74. The molecule has 24 heavy (non-hydrogen) atoms. The van der Waals surface area contributed by atoms with Gasteiger partial charge < -0.3 is 4.90 Å². The summed E-state index contributed by atoms with van der Waals surface area (Å²) in [4.78, 5) is 16.0. The number of carbonyl (C=O) groups excluding carboxylic acids is 1. The van der Waals surface area contributed by atoms with E-state index in [0.717, 1.165) is 0 Å². The quantitative estimate of drug-likeness (QED) is 0.644. The second kappa shape index (κ2) is 8.01. The lowest BCUT2D eigenvalue weighted by Gasteiger charge is -2.43. The molecule has 0 N–H and O–H groups in total. The normalized spacial score (nSPS) is 30.0. The minimum atomic E-state index is -0.0143. The maximum atomic E-state index is 13.7. The Hall–Kier alpha value is -0.180. The van der Waals surface area contributed by atoms with Gasteiger partial charge >= 0.3 is 0 Å². The van der Waals surface area contributed by atoms with Gasteiger partial charge in [0, 0.05) is 22.6 Å². The summed E-state index contributed by atoms with van der Waals surface area (Å²) in [6, 6.07) is 0.568. The van der Waals surface area contributed by atoms with Gasteiger partial charge in [-0.2, -0.15) is 11.8 Å². The van der Waals surface area contributed by atoms with Crippen LogP contribution in [0.4, 0.5) is 0 Å². The van der Waals surface area contributed by atoms with Crippen LogP contribution < -0.4 is 0 Å². The fourth-order valence-corrected chi connectivity index (χ4v) is 6.48. The number of rotatable bonds is 4. The van der Waals surface area contributed by atoms with Crippen molar-refractivity contribution in [3.05, 3.63) is 0 Å². The SMILES string of the molecule is CC(C)C1SC(C(C)C)C(C(C)(C)C)C(=O)N(C(C)C)C1C(C)C. The Kier molecular flexibility index (Phi) is 7.30. The standard InChI is InChI=1S/C21H41NOS/c1-12(2)17-19(14(5)6)24-18(13(3)4)16(21(9,10)11)20(23)22(17)15(7)8/h12-19H,1-11H3. The van der Waals surface area contributed by atoms with Crippen molar-refractivity contribution in [2.45, 2.75) is 98.7 Å². The average Bonchev–Trinajstić information content (AvgIpc) is 2.51. The lowest BCUT2D eigenvalue weighted by molar-refractivity contribution is -0.144. The van der Waals surface area contributed by atoms with Crippen LogP contribution >= 0.6 is 11.8 Å². The molecule has 3 heteroatoms. The molecule has 1 saturated heterocycles. The molecule has 0 aromatic carbocycles.